The number of nitrogens with zero attached hydrogens (tertiary/aromatic N) is 4. The summed E-state index contributed by atoms with van der Waals surface area (Å²) in [4.78, 5) is 23.3. The molecular weight excluding hydrogens is 292 g/mol. The lowest BCUT2D eigenvalue weighted by molar-refractivity contribution is 0.0670. The molecule has 0 radical (unpaired) electrons. The van der Waals surface area contributed by atoms with E-state index in [2.05, 4.69) is 15.1 Å². The summed E-state index contributed by atoms with van der Waals surface area (Å²) in [6.45, 7) is 4.75. The topological polar surface area (TPSA) is 72.1 Å². The Morgan fingerprint density at radius 3 is 2.91 bits per heavy atom. The first-order valence-corrected chi connectivity index (χ1v) is 8.21. The highest BCUT2D eigenvalue weighted by Gasteiger charge is 2.31. The quantitative estimate of drug-likeness (QED) is 0.868. The largest absolute Gasteiger partial charge is 0.339 e. The number of amides is 1. The van der Waals surface area contributed by atoms with Crippen LogP contribution in [0.5, 0.6) is 0 Å². The third-order valence-electron chi connectivity index (χ3n) is 4.17. The molecule has 2 aromatic heterocycles. The normalized spacial score (nSPS) is 18.9. The number of pyridine rings is 1. The van der Waals surface area contributed by atoms with Crippen molar-refractivity contribution >= 4 is 5.91 Å². The van der Waals surface area contributed by atoms with E-state index < -0.39 is 0 Å². The second-order valence-electron chi connectivity index (χ2n) is 6.25. The first-order valence-electron chi connectivity index (χ1n) is 8.21. The van der Waals surface area contributed by atoms with Gasteiger partial charge in [-0.25, -0.2) is 0 Å². The maximum atomic E-state index is 12.9. The maximum Gasteiger partial charge on any atom is 0.256 e. The van der Waals surface area contributed by atoms with E-state index in [-0.39, 0.29) is 17.9 Å². The van der Waals surface area contributed by atoms with E-state index in [4.69, 9.17) is 4.52 Å². The van der Waals surface area contributed by atoms with E-state index in [1.165, 1.54) is 0 Å². The Kier molecular flexibility index (Phi) is 4.69. The van der Waals surface area contributed by atoms with Crippen molar-refractivity contribution < 1.29 is 9.32 Å². The lowest BCUT2D eigenvalue weighted by atomic mass is 10.1. The van der Waals surface area contributed by atoms with Gasteiger partial charge < -0.3 is 9.42 Å². The predicted molar refractivity (Wildman–Crippen MR) is 84.9 cm³/mol. The zero-order valence-corrected chi connectivity index (χ0v) is 13.6. The molecule has 6 heteroatoms. The molecule has 0 aliphatic carbocycles. The van der Waals surface area contributed by atoms with E-state index in [1.54, 1.807) is 24.5 Å². The molecule has 1 saturated heterocycles. The predicted octanol–water partition coefficient (Wildman–Crippen LogP) is 3.35. The van der Waals surface area contributed by atoms with E-state index >= 15 is 0 Å². The van der Waals surface area contributed by atoms with Crippen LogP contribution in [-0.4, -0.2) is 32.5 Å². The van der Waals surface area contributed by atoms with Crippen molar-refractivity contribution in [1.29, 1.82) is 0 Å². The maximum absolute atomic E-state index is 12.9. The Bertz CT molecular complexity index is 654. The molecular formula is C17H22N4O2. The summed E-state index contributed by atoms with van der Waals surface area (Å²) in [7, 11) is 0. The van der Waals surface area contributed by atoms with Gasteiger partial charge in [-0.1, -0.05) is 31.8 Å². The fourth-order valence-electron chi connectivity index (χ4n) is 2.89. The minimum absolute atomic E-state index is 0.0131. The number of rotatable bonds is 3. The van der Waals surface area contributed by atoms with Crippen molar-refractivity contribution in [3.8, 4) is 0 Å². The summed E-state index contributed by atoms with van der Waals surface area (Å²) < 4.78 is 5.34. The monoisotopic (exact) mass is 314 g/mol. The van der Waals surface area contributed by atoms with E-state index in [0.29, 0.717) is 23.8 Å². The lowest BCUT2D eigenvalue weighted by Gasteiger charge is -2.27. The highest BCUT2D eigenvalue weighted by Crippen LogP contribution is 2.30. The second kappa shape index (κ2) is 6.89. The molecule has 1 aliphatic heterocycles. The SMILES string of the molecule is CC(C)c1nc([C@@H]2CCCCCN2C(=O)c2cccnc2)no1. The molecule has 1 aliphatic rings. The van der Waals surface area contributed by atoms with E-state index in [9.17, 15) is 4.79 Å². The van der Waals surface area contributed by atoms with Gasteiger partial charge >= 0.3 is 0 Å². The van der Waals surface area contributed by atoms with E-state index in [0.717, 1.165) is 25.7 Å². The van der Waals surface area contributed by atoms with Crippen molar-refractivity contribution in [3.63, 3.8) is 0 Å². The molecule has 1 amide bonds. The summed E-state index contributed by atoms with van der Waals surface area (Å²) in [6.07, 6.45) is 7.32. The van der Waals surface area contributed by atoms with Gasteiger partial charge in [0, 0.05) is 24.9 Å². The third-order valence-corrected chi connectivity index (χ3v) is 4.17. The fraction of sp³-hybridized carbons (Fsp3) is 0.529. The molecule has 0 bridgehead atoms. The summed E-state index contributed by atoms with van der Waals surface area (Å²) in [6, 6.07) is 3.46. The molecule has 6 nitrogen and oxygen atoms in total. The van der Waals surface area contributed by atoms with Crippen molar-refractivity contribution in [2.24, 2.45) is 0 Å². The zero-order chi connectivity index (χ0) is 16.2. The minimum Gasteiger partial charge on any atom is -0.339 e. The van der Waals surface area contributed by atoms with Gasteiger partial charge in [0.05, 0.1) is 11.6 Å². The molecule has 23 heavy (non-hydrogen) atoms. The third kappa shape index (κ3) is 3.41. The van der Waals surface area contributed by atoms with Gasteiger partial charge in [0.1, 0.15) is 0 Å². The van der Waals surface area contributed by atoms with Crippen molar-refractivity contribution in [2.75, 3.05) is 6.54 Å². The van der Waals surface area contributed by atoms with Crippen LogP contribution in [0.2, 0.25) is 0 Å². The van der Waals surface area contributed by atoms with Crippen molar-refractivity contribution in [1.82, 2.24) is 20.0 Å². The van der Waals surface area contributed by atoms with Gasteiger partial charge in [-0.15, -0.1) is 0 Å². The van der Waals surface area contributed by atoms with Gasteiger partial charge in [0.25, 0.3) is 5.91 Å². The Hall–Kier alpha value is -2.24. The van der Waals surface area contributed by atoms with Crippen LogP contribution in [0.4, 0.5) is 0 Å². The summed E-state index contributed by atoms with van der Waals surface area (Å²) in [5.74, 6) is 1.41. The standard InChI is InChI=1S/C17H22N4O2/c1-12(2)16-19-15(20-23-16)14-8-4-3-5-10-21(14)17(22)13-7-6-9-18-11-13/h6-7,9,11-12,14H,3-5,8,10H2,1-2H3/t14-/m0/s1. The molecule has 2 aromatic rings. The molecule has 0 spiro atoms. The molecule has 0 unspecified atom stereocenters. The molecule has 0 aromatic carbocycles. The van der Waals surface area contributed by atoms with Gasteiger partial charge in [-0.3, -0.25) is 9.78 Å². The minimum atomic E-state index is -0.124. The number of likely N-dealkylation sites (tertiary alicyclic amines) is 1. The first kappa shape index (κ1) is 15.6. The van der Waals surface area contributed by atoms with Gasteiger partial charge in [0.15, 0.2) is 5.82 Å². The number of aromatic nitrogens is 3. The van der Waals surface area contributed by atoms with Crippen LogP contribution in [0.3, 0.4) is 0 Å². The average Bonchev–Trinajstić information content (AvgIpc) is 2.94. The Labute approximate surface area is 135 Å². The first-order chi connectivity index (χ1) is 11.2. The Morgan fingerprint density at radius 2 is 2.22 bits per heavy atom. The smallest absolute Gasteiger partial charge is 0.256 e. The number of hydrogen-bond donors (Lipinski definition) is 0. The highest BCUT2D eigenvalue weighted by atomic mass is 16.5. The molecule has 1 atom stereocenters. The Morgan fingerprint density at radius 1 is 1.35 bits per heavy atom. The molecule has 1 fully saturated rings. The molecule has 3 rings (SSSR count). The van der Waals surface area contributed by atoms with Crippen LogP contribution in [0.1, 0.15) is 73.6 Å². The van der Waals surface area contributed by atoms with E-state index in [1.807, 2.05) is 18.7 Å². The summed E-state index contributed by atoms with van der Waals surface area (Å²) in [5.41, 5.74) is 0.604. The molecule has 0 N–H and O–H groups in total. The number of carbonyl (C=O) groups is 1. The number of carbonyl (C=O) groups excluding carboxylic acids is 1. The molecule has 0 saturated carbocycles. The highest BCUT2D eigenvalue weighted by molar-refractivity contribution is 5.94. The average molecular weight is 314 g/mol. The summed E-state index contributed by atoms with van der Waals surface area (Å²) in [5, 5.41) is 4.13. The van der Waals surface area contributed by atoms with Crippen LogP contribution in [0, 0.1) is 0 Å². The van der Waals surface area contributed by atoms with Crippen LogP contribution in [0.25, 0.3) is 0 Å². The van der Waals surface area contributed by atoms with Crippen LogP contribution in [0.15, 0.2) is 29.0 Å². The van der Waals surface area contributed by atoms with Gasteiger partial charge in [0.2, 0.25) is 5.89 Å². The van der Waals surface area contributed by atoms with Crippen molar-refractivity contribution in [3.05, 3.63) is 41.8 Å². The lowest BCUT2D eigenvalue weighted by Crippen LogP contribution is -2.35. The van der Waals surface area contributed by atoms with Crippen LogP contribution >= 0.6 is 0 Å². The molecule has 122 valence electrons. The summed E-state index contributed by atoms with van der Waals surface area (Å²) >= 11 is 0. The molecule has 3 heterocycles. The van der Waals surface area contributed by atoms with Crippen molar-refractivity contribution in [2.45, 2.75) is 51.5 Å². The fourth-order valence-corrected chi connectivity index (χ4v) is 2.89. The second-order valence-corrected chi connectivity index (χ2v) is 6.25. The Balaban J connectivity index is 1.89. The zero-order valence-electron chi connectivity index (χ0n) is 13.6. The van der Waals surface area contributed by atoms with Gasteiger partial charge in [-0.05, 0) is 25.0 Å². The van der Waals surface area contributed by atoms with Gasteiger partial charge in [-0.2, -0.15) is 4.98 Å². The number of hydrogen-bond acceptors (Lipinski definition) is 5. The van der Waals surface area contributed by atoms with Crippen LogP contribution < -0.4 is 0 Å². The van der Waals surface area contributed by atoms with Crippen LogP contribution in [-0.2, 0) is 0 Å².